The summed E-state index contributed by atoms with van der Waals surface area (Å²) in [5.41, 5.74) is 0. The molecule has 4 unspecified atom stereocenters. The number of likely N-dealkylation sites (tertiary alicyclic amines) is 1. The van der Waals surface area contributed by atoms with Gasteiger partial charge in [-0.25, -0.2) is 0 Å². The van der Waals surface area contributed by atoms with Gasteiger partial charge in [0.25, 0.3) is 0 Å². The second-order valence-corrected chi connectivity index (χ2v) is 6.71. The van der Waals surface area contributed by atoms with Crippen molar-refractivity contribution in [3.63, 3.8) is 0 Å². The molecule has 3 heteroatoms. The summed E-state index contributed by atoms with van der Waals surface area (Å²) >= 11 is 0. The van der Waals surface area contributed by atoms with E-state index >= 15 is 0 Å². The highest BCUT2D eigenvalue weighted by Gasteiger charge is 2.51. The first-order valence-electron chi connectivity index (χ1n) is 7.83. The molecule has 4 atom stereocenters. The van der Waals surface area contributed by atoms with Crippen LogP contribution in [-0.2, 0) is 0 Å². The van der Waals surface area contributed by atoms with Gasteiger partial charge in [0, 0.05) is 25.2 Å². The fourth-order valence-electron chi connectivity index (χ4n) is 4.74. The smallest absolute Gasteiger partial charge is 0.0457 e. The van der Waals surface area contributed by atoms with Gasteiger partial charge in [0.05, 0.1) is 0 Å². The summed E-state index contributed by atoms with van der Waals surface area (Å²) in [6.45, 7) is 9.97. The molecule has 0 amide bonds. The predicted molar refractivity (Wildman–Crippen MR) is 73.5 cm³/mol. The molecular weight excluding hydrogens is 224 g/mol. The van der Waals surface area contributed by atoms with Crippen molar-refractivity contribution < 1.29 is 5.11 Å². The lowest BCUT2D eigenvalue weighted by atomic mass is 9.73. The molecule has 0 aromatic heterocycles. The van der Waals surface area contributed by atoms with Crippen molar-refractivity contribution in [3.05, 3.63) is 0 Å². The van der Waals surface area contributed by atoms with Gasteiger partial charge in [0.2, 0.25) is 0 Å². The van der Waals surface area contributed by atoms with E-state index in [1.807, 2.05) is 0 Å². The first-order valence-corrected chi connectivity index (χ1v) is 7.83. The van der Waals surface area contributed by atoms with Crippen LogP contribution < -0.4 is 0 Å². The average Bonchev–Trinajstić information content (AvgIpc) is 2.80. The van der Waals surface area contributed by atoms with Crippen LogP contribution in [0, 0.1) is 17.8 Å². The Labute approximate surface area is 111 Å². The SMILES string of the molecule is CCN1CC2C3CCN(CC3)C2C1CC(C)CO. The fourth-order valence-corrected chi connectivity index (χ4v) is 4.74. The highest BCUT2D eigenvalue weighted by atomic mass is 16.3. The lowest BCUT2D eigenvalue weighted by Crippen LogP contribution is -2.57. The van der Waals surface area contributed by atoms with E-state index in [9.17, 15) is 5.11 Å². The summed E-state index contributed by atoms with van der Waals surface area (Å²) in [6, 6.07) is 1.50. The number of likely N-dealkylation sites (N-methyl/N-ethyl adjacent to an activating group) is 1. The summed E-state index contributed by atoms with van der Waals surface area (Å²) < 4.78 is 0. The maximum atomic E-state index is 9.35. The van der Waals surface area contributed by atoms with Crippen LogP contribution in [0.1, 0.15) is 33.1 Å². The van der Waals surface area contributed by atoms with Crippen molar-refractivity contribution in [1.29, 1.82) is 0 Å². The third-order valence-corrected chi connectivity index (χ3v) is 5.71. The van der Waals surface area contributed by atoms with Crippen molar-refractivity contribution in [3.8, 4) is 0 Å². The number of hydrogen-bond donors (Lipinski definition) is 1. The zero-order valence-electron chi connectivity index (χ0n) is 11.9. The Balaban J connectivity index is 1.77. The van der Waals surface area contributed by atoms with Crippen molar-refractivity contribution in [1.82, 2.24) is 9.80 Å². The molecule has 0 radical (unpaired) electrons. The van der Waals surface area contributed by atoms with Crippen molar-refractivity contribution in [2.24, 2.45) is 17.8 Å². The zero-order chi connectivity index (χ0) is 12.7. The number of hydrogen-bond acceptors (Lipinski definition) is 3. The molecule has 0 spiro atoms. The molecule has 0 aromatic carbocycles. The van der Waals surface area contributed by atoms with Crippen LogP contribution in [0.25, 0.3) is 0 Å². The highest BCUT2D eigenvalue weighted by Crippen LogP contribution is 2.45. The first kappa shape index (κ1) is 12.9. The minimum atomic E-state index is 0.342. The molecule has 104 valence electrons. The van der Waals surface area contributed by atoms with Crippen LogP contribution >= 0.6 is 0 Å². The Morgan fingerprint density at radius 3 is 2.61 bits per heavy atom. The molecular formula is C15H28N2O. The number of nitrogens with zero attached hydrogens (tertiary/aromatic N) is 2. The van der Waals surface area contributed by atoms with Crippen LogP contribution in [0.4, 0.5) is 0 Å². The molecule has 3 nitrogen and oxygen atoms in total. The first-order chi connectivity index (χ1) is 8.74. The van der Waals surface area contributed by atoms with Gasteiger partial charge >= 0.3 is 0 Å². The summed E-state index contributed by atoms with van der Waals surface area (Å²) in [4.78, 5) is 5.45. The minimum absolute atomic E-state index is 0.342. The Morgan fingerprint density at radius 1 is 1.28 bits per heavy atom. The summed E-state index contributed by atoms with van der Waals surface area (Å²) in [7, 11) is 0. The molecule has 4 rings (SSSR count). The van der Waals surface area contributed by atoms with Gasteiger partial charge in [0.15, 0.2) is 0 Å². The van der Waals surface area contributed by atoms with E-state index in [1.165, 1.54) is 45.4 Å². The standard InChI is InChI=1S/C15H28N2O/c1-3-16-9-13-12-4-6-17(7-5-12)15(13)14(16)8-11(2)10-18/h11-15,18H,3-10H2,1-2H3. The second-order valence-electron chi connectivity index (χ2n) is 6.71. The van der Waals surface area contributed by atoms with Crippen LogP contribution in [0.2, 0.25) is 0 Å². The summed E-state index contributed by atoms with van der Waals surface area (Å²) in [5.74, 6) is 2.36. The molecule has 4 fully saturated rings. The fraction of sp³-hybridized carbons (Fsp3) is 1.00. The number of rotatable bonds is 4. The molecule has 4 saturated heterocycles. The Morgan fingerprint density at radius 2 is 2.00 bits per heavy atom. The van der Waals surface area contributed by atoms with Gasteiger partial charge in [0.1, 0.15) is 0 Å². The van der Waals surface area contributed by atoms with Gasteiger partial charge in [-0.3, -0.25) is 9.80 Å². The van der Waals surface area contributed by atoms with Crippen LogP contribution in [0.5, 0.6) is 0 Å². The third-order valence-electron chi connectivity index (χ3n) is 5.71. The molecule has 4 aliphatic heterocycles. The topological polar surface area (TPSA) is 26.7 Å². The van der Waals surface area contributed by atoms with E-state index < -0.39 is 0 Å². The number of aliphatic hydroxyl groups is 1. The van der Waals surface area contributed by atoms with Crippen molar-refractivity contribution >= 4 is 0 Å². The molecule has 0 aromatic rings. The lowest BCUT2D eigenvalue weighted by molar-refractivity contribution is -0.000906. The van der Waals surface area contributed by atoms with Gasteiger partial charge in [-0.1, -0.05) is 13.8 Å². The number of aliphatic hydroxyl groups excluding tert-OH is 1. The average molecular weight is 252 g/mol. The van der Waals surface area contributed by atoms with E-state index in [-0.39, 0.29) is 0 Å². The molecule has 4 aliphatic rings. The Kier molecular flexibility index (Phi) is 3.65. The van der Waals surface area contributed by atoms with Gasteiger partial charge in [-0.05, 0) is 56.7 Å². The molecule has 2 bridgehead atoms. The van der Waals surface area contributed by atoms with Crippen LogP contribution in [0.15, 0.2) is 0 Å². The molecule has 18 heavy (non-hydrogen) atoms. The number of fused-ring (bicyclic) bond motifs is 2. The van der Waals surface area contributed by atoms with Gasteiger partial charge < -0.3 is 5.11 Å². The Bertz CT molecular complexity index is 288. The van der Waals surface area contributed by atoms with E-state index in [4.69, 9.17) is 0 Å². The molecule has 0 aliphatic carbocycles. The largest absolute Gasteiger partial charge is 0.396 e. The highest BCUT2D eigenvalue weighted by molar-refractivity contribution is 5.06. The molecule has 0 saturated carbocycles. The van der Waals surface area contributed by atoms with E-state index in [1.54, 1.807) is 0 Å². The Hall–Kier alpha value is -0.120. The van der Waals surface area contributed by atoms with Crippen molar-refractivity contribution in [2.75, 3.05) is 32.8 Å². The van der Waals surface area contributed by atoms with Crippen LogP contribution in [0.3, 0.4) is 0 Å². The number of piperidine rings is 3. The maximum Gasteiger partial charge on any atom is 0.0457 e. The lowest BCUT2D eigenvalue weighted by Gasteiger charge is -2.50. The van der Waals surface area contributed by atoms with Crippen molar-refractivity contribution in [2.45, 2.75) is 45.2 Å². The summed E-state index contributed by atoms with van der Waals surface area (Å²) in [5, 5.41) is 9.35. The second kappa shape index (κ2) is 5.10. The maximum absolute atomic E-state index is 9.35. The van der Waals surface area contributed by atoms with Gasteiger partial charge in [-0.15, -0.1) is 0 Å². The van der Waals surface area contributed by atoms with Crippen LogP contribution in [-0.4, -0.2) is 59.8 Å². The molecule has 1 N–H and O–H groups in total. The third kappa shape index (κ3) is 2.00. The van der Waals surface area contributed by atoms with E-state index in [0.717, 1.165) is 17.9 Å². The van der Waals surface area contributed by atoms with Gasteiger partial charge in [-0.2, -0.15) is 0 Å². The monoisotopic (exact) mass is 252 g/mol. The van der Waals surface area contributed by atoms with E-state index in [0.29, 0.717) is 18.6 Å². The van der Waals surface area contributed by atoms with E-state index in [2.05, 4.69) is 23.6 Å². The quantitative estimate of drug-likeness (QED) is 0.820. The predicted octanol–water partition coefficient (Wildman–Crippen LogP) is 1.42. The normalized spacial score (nSPS) is 45.2. The molecule has 4 heterocycles. The zero-order valence-corrected chi connectivity index (χ0v) is 11.9. The minimum Gasteiger partial charge on any atom is -0.396 e. The summed E-state index contributed by atoms with van der Waals surface area (Å²) in [6.07, 6.45) is 4.04.